The lowest BCUT2D eigenvalue weighted by atomic mass is 9.99. The first-order chi connectivity index (χ1) is 14.6. The molecular formula is C21H19N3O6S. The predicted molar refractivity (Wildman–Crippen MR) is 112 cm³/mol. The van der Waals surface area contributed by atoms with E-state index in [1.165, 1.54) is 31.2 Å². The number of nitrogens with one attached hydrogen (secondary N) is 2. The van der Waals surface area contributed by atoms with Crippen molar-refractivity contribution in [3.63, 3.8) is 0 Å². The van der Waals surface area contributed by atoms with Gasteiger partial charge in [-0.2, -0.15) is 0 Å². The van der Waals surface area contributed by atoms with Crippen LogP contribution in [0.5, 0.6) is 0 Å². The maximum atomic E-state index is 13.0. The van der Waals surface area contributed by atoms with Gasteiger partial charge in [0.1, 0.15) is 17.9 Å². The summed E-state index contributed by atoms with van der Waals surface area (Å²) < 4.78 is 28.8. The van der Waals surface area contributed by atoms with Gasteiger partial charge in [0, 0.05) is 17.3 Å². The highest BCUT2D eigenvalue weighted by molar-refractivity contribution is 7.90. The van der Waals surface area contributed by atoms with Crippen LogP contribution in [0.1, 0.15) is 12.7 Å². The molecule has 4 rings (SSSR count). The molecule has 31 heavy (non-hydrogen) atoms. The summed E-state index contributed by atoms with van der Waals surface area (Å²) in [4.78, 5) is 38.8. The highest BCUT2D eigenvalue weighted by Crippen LogP contribution is 2.33. The Morgan fingerprint density at radius 2 is 1.81 bits per heavy atom. The minimum atomic E-state index is -3.36. The highest BCUT2D eigenvalue weighted by atomic mass is 32.2. The molecule has 160 valence electrons. The number of sulfone groups is 1. The van der Waals surface area contributed by atoms with Crippen LogP contribution in [-0.4, -0.2) is 44.0 Å². The first kappa shape index (κ1) is 20.6. The Bertz CT molecular complexity index is 1280. The van der Waals surface area contributed by atoms with Gasteiger partial charge in [-0.1, -0.05) is 18.2 Å². The van der Waals surface area contributed by atoms with Crippen molar-refractivity contribution in [2.24, 2.45) is 0 Å². The molecular weight excluding hydrogens is 422 g/mol. The van der Waals surface area contributed by atoms with Gasteiger partial charge in [-0.3, -0.25) is 14.5 Å². The maximum absolute atomic E-state index is 13.0. The Labute approximate surface area is 177 Å². The zero-order valence-electron chi connectivity index (χ0n) is 16.7. The van der Waals surface area contributed by atoms with Crippen molar-refractivity contribution in [3.8, 4) is 0 Å². The molecule has 1 aliphatic heterocycles. The number of rotatable bonds is 5. The first-order valence-electron chi connectivity index (χ1n) is 9.31. The third kappa shape index (κ3) is 3.77. The summed E-state index contributed by atoms with van der Waals surface area (Å²) in [6, 6.07) is 13.8. The third-order valence-electron chi connectivity index (χ3n) is 5.06. The van der Waals surface area contributed by atoms with Crippen molar-refractivity contribution in [1.29, 1.82) is 0 Å². The van der Waals surface area contributed by atoms with Gasteiger partial charge in [0.15, 0.2) is 15.4 Å². The van der Waals surface area contributed by atoms with Crippen LogP contribution in [0.2, 0.25) is 0 Å². The minimum Gasteiger partial charge on any atom is -0.458 e. The van der Waals surface area contributed by atoms with Crippen LogP contribution in [0.15, 0.2) is 63.9 Å². The molecule has 2 aromatic carbocycles. The largest absolute Gasteiger partial charge is 0.458 e. The number of amides is 4. The molecule has 1 unspecified atom stereocenters. The number of hydrogen-bond acceptors (Lipinski definition) is 6. The van der Waals surface area contributed by atoms with Gasteiger partial charge in [-0.15, -0.1) is 0 Å². The first-order valence-corrected chi connectivity index (χ1v) is 11.2. The minimum absolute atomic E-state index is 0.112. The second-order valence-corrected chi connectivity index (χ2v) is 9.46. The van der Waals surface area contributed by atoms with Gasteiger partial charge in [0.25, 0.3) is 5.91 Å². The van der Waals surface area contributed by atoms with E-state index in [9.17, 15) is 22.8 Å². The van der Waals surface area contributed by atoms with Gasteiger partial charge in [-0.25, -0.2) is 13.2 Å². The summed E-state index contributed by atoms with van der Waals surface area (Å²) in [6.07, 6.45) is 1.08. The Morgan fingerprint density at radius 3 is 2.45 bits per heavy atom. The van der Waals surface area contributed by atoms with Crippen LogP contribution in [0, 0.1) is 0 Å². The van der Waals surface area contributed by atoms with Gasteiger partial charge in [0.2, 0.25) is 5.91 Å². The summed E-state index contributed by atoms with van der Waals surface area (Å²) >= 11 is 0. The molecule has 1 aromatic heterocycles. The summed E-state index contributed by atoms with van der Waals surface area (Å²) in [5.74, 6) is -0.949. The molecule has 4 amide bonds. The number of carbonyl (C=O) groups is 3. The van der Waals surface area contributed by atoms with Crippen molar-refractivity contribution in [2.75, 3.05) is 18.1 Å². The predicted octanol–water partition coefficient (Wildman–Crippen LogP) is 2.24. The molecule has 1 aliphatic rings. The summed E-state index contributed by atoms with van der Waals surface area (Å²) in [5, 5.41) is 5.93. The standard InChI is InChI=1S/C21H19N3O6S/c1-21(17-11-13-5-3-4-6-16(13)30-17)19(26)24(20(27)23-21)12-18(25)22-14-7-9-15(10-8-14)31(2,28)29/h3-11H,12H2,1-2H3,(H,22,25)(H,23,27). The zero-order chi connectivity index (χ0) is 22.4. The van der Waals surface area contributed by atoms with Crippen LogP contribution in [0.3, 0.4) is 0 Å². The van der Waals surface area contributed by atoms with Crippen LogP contribution < -0.4 is 10.6 Å². The molecule has 0 bridgehead atoms. The van der Waals surface area contributed by atoms with Crippen LogP contribution in [0.4, 0.5) is 10.5 Å². The van der Waals surface area contributed by atoms with Gasteiger partial charge >= 0.3 is 6.03 Å². The molecule has 0 radical (unpaired) electrons. The van der Waals surface area contributed by atoms with E-state index in [0.717, 1.165) is 16.5 Å². The molecule has 10 heteroatoms. The number of hydrogen-bond donors (Lipinski definition) is 2. The topological polar surface area (TPSA) is 126 Å². The number of benzene rings is 2. The number of imide groups is 1. The van der Waals surface area contributed by atoms with E-state index in [2.05, 4.69) is 10.6 Å². The summed E-state index contributed by atoms with van der Waals surface area (Å²) in [5.41, 5.74) is -0.521. The normalized spacial score (nSPS) is 19.0. The Kier molecular flexibility index (Phi) is 4.81. The number of fused-ring (bicyclic) bond motifs is 1. The molecule has 3 aromatic rings. The van der Waals surface area contributed by atoms with Gasteiger partial charge in [0.05, 0.1) is 4.90 Å². The quantitative estimate of drug-likeness (QED) is 0.585. The lowest BCUT2D eigenvalue weighted by Crippen LogP contribution is -2.41. The lowest BCUT2D eigenvalue weighted by Gasteiger charge is -2.18. The Balaban J connectivity index is 1.49. The molecule has 2 heterocycles. The highest BCUT2D eigenvalue weighted by Gasteiger charge is 2.51. The molecule has 2 N–H and O–H groups in total. The zero-order valence-corrected chi connectivity index (χ0v) is 17.5. The molecule has 0 spiro atoms. The SMILES string of the molecule is CC1(c2cc3ccccc3o2)NC(=O)N(CC(=O)Nc2ccc(S(C)(=O)=O)cc2)C1=O. The fraction of sp³-hybridized carbons (Fsp3) is 0.190. The monoisotopic (exact) mass is 441 g/mol. The number of nitrogens with zero attached hydrogens (tertiary/aromatic N) is 1. The molecule has 1 saturated heterocycles. The number of para-hydroxylation sites is 1. The maximum Gasteiger partial charge on any atom is 0.325 e. The third-order valence-corrected chi connectivity index (χ3v) is 6.19. The number of carbonyl (C=O) groups excluding carboxylic acids is 3. The fourth-order valence-electron chi connectivity index (χ4n) is 3.37. The van der Waals surface area contributed by atoms with Gasteiger partial charge < -0.3 is 15.1 Å². The molecule has 0 aliphatic carbocycles. The van der Waals surface area contributed by atoms with Crippen molar-refractivity contribution in [3.05, 3.63) is 60.4 Å². The van der Waals surface area contributed by atoms with E-state index in [1.54, 1.807) is 18.2 Å². The summed E-state index contributed by atoms with van der Waals surface area (Å²) in [7, 11) is -3.36. The summed E-state index contributed by atoms with van der Waals surface area (Å²) in [6.45, 7) is 1.01. The van der Waals surface area contributed by atoms with E-state index in [1.807, 2.05) is 12.1 Å². The average molecular weight is 441 g/mol. The van der Waals surface area contributed by atoms with E-state index in [-0.39, 0.29) is 10.7 Å². The van der Waals surface area contributed by atoms with Crippen LogP contribution in [0.25, 0.3) is 11.0 Å². The van der Waals surface area contributed by atoms with Gasteiger partial charge in [-0.05, 0) is 43.3 Å². The fourth-order valence-corrected chi connectivity index (χ4v) is 4.00. The van der Waals surface area contributed by atoms with E-state index < -0.39 is 39.8 Å². The number of anilines is 1. The Morgan fingerprint density at radius 1 is 1.13 bits per heavy atom. The van der Waals surface area contributed by atoms with Crippen molar-refractivity contribution in [1.82, 2.24) is 10.2 Å². The lowest BCUT2D eigenvalue weighted by molar-refractivity contribution is -0.134. The van der Waals surface area contributed by atoms with E-state index in [4.69, 9.17) is 4.42 Å². The second-order valence-electron chi connectivity index (χ2n) is 7.44. The average Bonchev–Trinajstić information content (AvgIpc) is 3.24. The number of urea groups is 1. The molecule has 0 saturated carbocycles. The van der Waals surface area contributed by atoms with Crippen LogP contribution >= 0.6 is 0 Å². The molecule has 1 atom stereocenters. The molecule has 1 fully saturated rings. The number of furan rings is 1. The van der Waals surface area contributed by atoms with Crippen molar-refractivity contribution < 1.29 is 27.2 Å². The van der Waals surface area contributed by atoms with E-state index in [0.29, 0.717) is 11.3 Å². The molecule has 9 nitrogen and oxygen atoms in total. The second kappa shape index (κ2) is 7.24. The Hall–Kier alpha value is -3.66. The van der Waals surface area contributed by atoms with Crippen LogP contribution in [-0.2, 0) is 25.0 Å². The van der Waals surface area contributed by atoms with E-state index >= 15 is 0 Å². The van der Waals surface area contributed by atoms with Crippen molar-refractivity contribution in [2.45, 2.75) is 17.4 Å². The smallest absolute Gasteiger partial charge is 0.325 e. The van der Waals surface area contributed by atoms with Crippen molar-refractivity contribution >= 4 is 44.3 Å².